The predicted molar refractivity (Wildman–Crippen MR) is 91.0 cm³/mol. The molecule has 0 saturated carbocycles. The molecule has 4 N–H and O–H groups in total. The van der Waals surface area contributed by atoms with Gasteiger partial charge in [0.2, 0.25) is 0 Å². The molecule has 3 rings (SSSR count). The fraction of sp³-hybridized carbons (Fsp3) is 0.133. The van der Waals surface area contributed by atoms with E-state index in [1.165, 1.54) is 23.2 Å². The number of aryl methyl sites for hydroxylation is 1. The Labute approximate surface area is 132 Å². The van der Waals surface area contributed by atoms with Crippen LogP contribution in [0.2, 0.25) is 0 Å². The SMILES string of the molecule is Cc1cccc(Nc2ncnc(Nc3nccs3)c2N)c1C. The Hall–Kier alpha value is -2.67. The molecule has 0 amide bonds. The van der Waals surface area contributed by atoms with Gasteiger partial charge in [0.25, 0.3) is 0 Å². The monoisotopic (exact) mass is 312 g/mol. The van der Waals surface area contributed by atoms with E-state index in [1.54, 1.807) is 6.20 Å². The molecular weight excluding hydrogens is 296 g/mol. The first kappa shape index (κ1) is 14.3. The van der Waals surface area contributed by atoms with Gasteiger partial charge in [-0.05, 0) is 31.0 Å². The van der Waals surface area contributed by atoms with Crippen LogP contribution < -0.4 is 16.4 Å². The Balaban J connectivity index is 1.90. The van der Waals surface area contributed by atoms with Crippen LogP contribution in [0.1, 0.15) is 11.1 Å². The summed E-state index contributed by atoms with van der Waals surface area (Å²) in [6.07, 6.45) is 3.19. The lowest BCUT2D eigenvalue weighted by atomic mass is 10.1. The third-order valence-corrected chi connectivity index (χ3v) is 4.09. The van der Waals surface area contributed by atoms with Crippen molar-refractivity contribution >= 4 is 39.5 Å². The predicted octanol–water partition coefficient (Wildman–Crippen LogP) is 3.62. The minimum absolute atomic E-state index is 0.457. The summed E-state index contributed by atoms with van der Waals surface area (Å²) in [6, 6.07) is 6.06. The van der Waals surface area contributed by atoms with E-state index in [9.17, 15) is 0 Å². The number of thiazole rings is 1. The fourth-order valence-electron chi connectivity index (χ4n) is 2.00. The zero-order valence-corrected chi connectivity index (χ0v) is 13.1. The number of nitrogens with zero attached hydrogens (tertiary/aromatic N) is 3. The third kappa shape index (κ3) is 2.84. The smallest absolute Gasteiger partial charge is 0.188 e. The van der Waals surface area contributed by atoms with Crippen LogP contribution in [-0.4, -0.2) is 15.0 Å². The average molecular weight is 312 g/mol. The Morgan fingerprint density at radius 3 is 2.55 bits per heavy atom. The summed E-state index contributed by atoms with van der Waals surface area (Å²) in [5.74, 6) is 1.11. The van der Waals surface area contributed by atoms with E-state index >= 15 is 0 Å². The molecule has 0 aliphatic carbocycles. The van der Waals surface area contributed by atoms with E-state index in [1.807, 2.05) is 17.5 Å². The minimum atomic E-state index is 0.457. The summed E-state index contributed by atoms with van der Waals surface area (Å²) >= 11 is 1.48. The van der Waals surface area contributed by atoms with Gasteiger partial charge in [-0.15, -0.1) is 11.3 Å². The number of nitrogen functional groups attached to an aromatic ring is 1. The van der Waals surface area contributed by atoms with E-state index in [4.69, 9.17) is 5.73 Å². The molecule has 3 aromatic rings. The molecule has 0 saturated heterocycles. The van der Waals surface area contributed by atoms with Crippen LogP contribution in [0.4, 0.5) is 28.1 Å². The van der Waals surface area contributed by atoms with Crippen molar-refractivity contribution in [3.8, 4) is 0 Å². The lowest BCUT2D eigenvalue weighted by Crippen LogP contribution is -2.05. The van der Waals surface area contributed by atoms with Gasteiger partial charge in [-0.1, -0.05) is 12.1 Å². The molecular formula is C15H16N6S. The summed E-state index contributed by atoms with van der Waals surface area (Å²) in [4.78, 5) is 12.6. The summed E-state index contributed by atoms with van der Waals surface area (Å²) < 4.78 is 0. The van der Waals surface area contributed by atoms with Crippen molar-refractivity contribution in [3.63, 3.8) is 0 Å². The van der Waals surface area contributed by atoms with Crippen molar-refractivity contribution in [2.24, 2.45) is 0 Å². The fourth-order valence-corrected chi connectivity index (χ4v) is 2.52. The Morgan fingerprint density at radius 1 is 1.05 bits per heavy atom. The third-order valence-electron chi connectivity index (χ3n) is 3.40. The van der Waals surface area contributed by atoms with Gasteiger partial charge in [0, 0.05) is 17.3 Å². The molecule has 0 aliphatic rings. The van der Waals surface area contributed by atoms with Crippen LogP contribution in [0.3, 0.4) is 0 Å². The number of hydrogen-bond donors (Lipinski definition) is 3. The average Bonchev–Trinajstić information content (AvgIpc) is 3.01. The van der Waals surface area contributed by atoms with E-state index in [-0.39, 0.29) is 0 Å². The van der Waals surface area contributed by atoms with Crippen LogP contribution >= 0.6 is 11.3 Å². The molecule has 0 fully saturated rings. The van der Waals surface area contributed by atoms with Crippen molar-refractivity contribution in [2.45, 2.75) is 13.8 Å². The Bertz CT molecular complexity index is 785. The molecule has 7 heteroatoms. The van der Waals surface area contributed by atoms with Crippen LogP contribution in [0.5, 0.6) is 0 Å². The summed E-state index contributed by atoms with van der Waals surface area (Å²) in [5.41, 5.74) is 9.97. The summed E-state index contributed by atoms with van der Waals surface area (Å²) in [5, 5.41) is 8.99. The number of nitrogens with two attached hydrogens (primary N) is 1. The van der Waals surface area contributed by atoms with Gasteiger partial charge >= 0.3 is 0 Å². The normalized spacial score (nSPS) is 10.5. The Morgan fingerprint density at radius 2 is 1.82 bits per heavy atom. The zero-order chi connectivity index (χ0) is 15.5. The highest BCUT2D eigenvalue weighted by molar-refractivity contribution is 7.13. The molecule has 1 aromatic carbocycles. The van der Waals surface area contributed by atoms with Gasteiger partial charge < -0.3 is 16.4 Å². The zero-order valence-electron chi connectivity index (χ0n) is 12.3. The molecule has 0 atom stereocenters. The molecule has 0 aliphatic heterocycles. The summed E-state index contributed by atoms with van der Waals surface area (Å²) in [6.45, 7) is 4.13. The van der Waals surface area contributed by atoms with E-state index < -0.39 is 0 Å². The maximum absolute atomic E-state index is 6.16. The van der Waals surface area contributed by atoms with Crippen molar-refractivity contribution in [1.82, 2.24) is 15.0 Å². The first-order chi connectivity index (χ1) is 10.6. The first-order valence-corrected chi connectivity index (χ1v) is 7.63. The van der Waals surface area contributed by atoms with E-state index in [2.05, 4.69) is 45.5 Å². The van der Waals surface area contributed by atoms with Gasteiger partial charge in [0.05, 0.1) is 0 Å². The molecule has 0 bridgehead atoms. The number of aromatic nitrogens is 3. The maximum Gasteiger partial charge on any atom is 0.188 e. The van der Waals surface area contributed by atoms with Crippen LogP contribution in [0.15, 0.2) is 36.1 Å². The highest BCUT2D eigenvalue weighted by Gasteiger charge is 2.10. The first-order valence-electron chi connectivity index (χ1n) is 6.75. The largest absolute Gasteiger partial charge is 0.393 e. The number of rotatable bonds is 4. The Kier molecular flexibility index (Phi) is 3.88. The van der Waals surface area contributed by atoms with Gasteiger partial charge in [0.15, 0.2) is 16.8 Å². The number of hydrogen-bond acceptors (Lipinski definition) is 7. The number of nitrogens with one attached hydrogen (secondary N) is 2. The van der Waals surface area contributed by atoms with Crippen molar-refractivity contribution in [1.29, 1.82) is 0 Å². The molecule has 2 heterocycles. The standard InChI is InChI=1S/C15H16N6S/c1-9-4-3-5-11(10(9)2)20-13-12(16)14(19-8-18-13)21-15-17-6-7-22-15/h3-8H,16H2,1-2H3,(H2,17,18,19,20,21). The topological polar surface area (TPSA) is 88.8 Å². The van der Waals surface area contributed by atoms with Crippen molar-refractivity contribution in [2.75, 3.05) is 16.4 Å². The second-order valence-corrected chi connectivity index (χ2v) is 5.71. The highest BCUT2D eigenvalue weighted by Crippen LogP contribution is 2.30. The van der Waals surface area contributed by atoms with Crippen LogP contribution in [0, 0.1) is 13.8 Å². The minimum Gasteiger partial charge on any atom is -0.393 e. The van der Waals surface area contributed by atoms with E-state index in [0.29, 0.717) is 17.3 Å². The second-order valence-electron chi connectivity index (χ2n) is 4.82. The van der Waals surface area contributed by atoms with Crippen LogP contribution in [0.25, 0.3) is 0 Å². The van der Waals surface area contributed by atoms with Crippen LogP contribution in [-0.2, 0) is 0 Å². The maximum atomic E-state index is 6.16. The van der Waals surface area contributed by atoms with Crippen molar-refractivity contribution < 1.29 is 0 Å². The molecule has 2 aromatic heterocycles. The number of anilines is 5. The van der Waals surface area contributed by atoms with Crippen molar-refractivity contribution in [3.05, 3.63) is 47.2 Å². The lowest BCUT2D eigenvalue weighted by molar-refractivity contribution is 1.16. The quantitative estimate of drug-likeness (QED) is 0.682. The van der Waals surface area contributed by atoms with E-state index in [0.717, 1.165) is 16.4 Å². The van der Waals surface area contributed by atoms with Gasteiger partial charge in [-0.2, -0.15) is 0 Å². The van der Waals surface area contributed by atoms with Gasteiger partial charge in [0.1, 0.15) is 12.0 Å². The summed E-state index contributed by atoms with van der Waals surface area (Å²) in [7, 11) is 0. The lowest BCUT2D eigenvalue weighted by Gasteiger charge is -2.14. The number of benzene rings is 1. The molecule has 0 unspecified atom stereocenters. The molecule has 22 heavy (non-hydrogen) atoms. The molecule has 112 valence electrons. The molecule has 0 radical (unpaired) electrons. The van der Waals surface area contributed by atoms with Gasteiger partial charge in [-0.3, -0.25) is 0 Å². The van der Waals surface area contributed by atoms with Gasteiger partial charge in [-0.25, -0.2) is 15.0 Å². The second kappa shape index (κ2) is 5.98. The molecule has 0 spiro atoms. The highest BCUT2D eigenvalue weighted by atomic mass is 32.1. The molecule has 6 nitrogen and oxygen atoms in total.